The maximum Gasteiger partial charge on any atom is 0.151 e. The molecule has 3 heterocycles. The summed E-state index contributed by atoms with van der Waals surface area (Å²) in [6.07, 6.45) is 0. The lowest BCUT2D eigenvalue weighted by Crippen LogP contribution is -1.90. The summed E-state index contributed by atoms with van der Waals surface area (Å²) in [5.41, 5.74) is 2.41. The van der Waals surface area contributed by atoms with Crippen molar-refractivity contribution in [3.63, 3.8) is 0 Å². The van der Waals surface area contributed by atoms with Gasteiger partial charge in [-0.3, -0.25) is 0 Å². The van der Waals surface area contributed by atoms with Gasteiger partial charge >= 0.3 is 0 Å². The average molecular weight is 295 g/mol. The molecule has 0 amide bonds. The number of nitrogens with zero attached hydrogens (tertiary/aromatic N) is 3. The molecule has 96 valence electrons. The van der Waals surface area contributed by atoms with Crippen LogP contribution in [0.2, 0.25) is 0 Å². The van der Waals surface area contributed by atoms with E-state index in [2.05, 4.69) is 33.1 Å². The van der Waals surface area contributed by atoms with Gasteiger partial charge in [0.1, 0.15) is 11.6 Å². The summed E-state index contributed by atoms with van der Waals surface area (Å²) in [7, 11) is 2.00. The normalized spacial score (nSPS) is 11.2. The molecule has 0 saturated heterocycles. The van der Waals surface area contributed by atoms with Crippen LogP contribution in [0.1, 0.15) is 5.56 Å². The van der Waals surface area contributed by atoms with Gasteiger partial charge in [0, 0.05) is 16.4 Å². The molecular weight excluding hydrogens is 286 g/mol. The number of benzene rings is 1. The van der Waals surface area contributed by atoms with Gasteiger partial charge in [-0.05, 0) is 29.6 Å². The van der Waals surface area contributed by atoms with Gasteiger partial charge in [-0.1, -0.05) is 6.07 Å². The van der Waals surface area contributed by atoms with Gasteiger partial charge in [0.05, 0.1) is 16.0 Å². The first-order valence-corrected chi connectivity index (χ1v) is 7.80. The lowest BCUT2D eigenvalue weighted by Gasteiger charge is -1.98. The first-order valence-electron chi connectivity index (χ1n) is 6.11. The minimum atomic E-state index is 0.628. The van der Waals surface area contributed by atoms with Gasteiger partial charge < -0.3 is 4.57 Å². The van der Waals surface area contributed by atoms with Gasteiger partial charge in [-0.15, -0.1) is 22.7 Å². The van der Waals surface area contributed by atoms with Crippen LogP contribution in [0.15, 0.2) is 35.7 Å². The molecule has 5 heteroatoms. The van der Waals surface area contributed by atoms with Crippen molar-refractivity contribution >= 4 is 43.1 Å². The monoisotopic (exact) mass is 295 g/mol. The van der Waals surface area contributed by atoms with Crippen molar-refractivity contribution in [1.82, 2.24) is 9.55 Å². The van der Waals surface area contributed by atoms with Gasteiger partial charge in [-0.25, -0.2) is 4.98 Å². The minimum absolute atomic E-state index is 0.628. The molecule has 0 aliphatic heterocycles. The maximum absolute atomic E-state index is 9.19. The Kier molecular flexibility index (Phi) is 2.43. The fraction of sp³-hybridized carbons (Fsp3) is 0.0667. The Morgan fingerprint density at radius 1 is 1.25 bits per heavy atom. The minimum Gasteiger partial charge on any atom is -0.326 e. The molecule has 1 aromatic carbocycles. The molecule has 0 saturated carbocycles. The quantitative estimate of drug-likeness (QED) is 0.522. The number of aryl methyl sites for hydroxylation is 1. The molecule has 0 aliphatic carbocycles. The maximum atomic E-state index is 9.19. The van der Waals surface area contributed by atoms with E-state index in [0.717, 1.165) is 21.7 Å². The Morgan fingerprint density at radius 2 is 2.15 bits per heavy atom. The van der Waals surface area contributed by atoms with Crippen molar-refractivity contribution in [1.29, 1.82) is 5.26 Å². The highest BCUT2D eigenvalue weighted by Gasteiger charge is 2.15. The number of nitriles is 1. The van der Waals surface area contributed by atoms with E-state index < -0.39 is 0 Å². The molecule has 0 spiro atoms. The van der Waals surface area contributed by atoms with Crippen LogP contribution in [-0.4, -0.2) is 9.55 Å². The van der Waals surface area contributed by atoms with Crippen molar-refractivity contribution < 1.29 is 0 Å². The van der Waals surface area contributed by atoms with Crippen molar-refractivity contribution in [2.45, 2.75) is 0 Å². The van der Waals surface area contributed by atoms with Crippen LogP contribution >= 0.6 is 22.7 Å². The predicted molar refractivity (Wildman–Crippen MR) is 84.1 cm³/mol. The van der Waals surface area contributed by atoms with E-state index in [1.54, 1.807) is 22.7 Å². The number of imidazole rings is 1. The van der Waals surface area contributed by atoms with E-state index in [4.69, 9.17) is 0 Å². The zero-order valence-corrected chi connectivity index (χ0v) is 12.3. The van der Waals surface area contributed by atoms with Gasteiger partial charge in [0.15, 0.2) is 5.82 Å². The lowest BCUT2D eigenvalue weighted by molar-refractivity contribution is 0.963. The van der Waals surface area contributed by atoms with Crippen molar-refractivity contribution in [2.24, 2.45) is 7.05 Å². The average Bonchev–Trinajstić information content (AvgIpc) is 3.11. The third-order valence-corrected chi connectivity index (χ3v) is 5.48. The summed E-state index contributed by atoms with van der Waals surface area (Å²) in [5.74, 6) is 0.927. The second-order valence-corrected chi connectivity index (χ2v) is 6.57. The van der Waals surface area contributed by atoms with Crippen molar-refractivity contribution in [3.8, 4) is 16.8 Å². The third kappa shape index (κ3) is 1.52. The predicted octanol–water partition coefficient (Wildman–Crippen LogP) is 4.39. The number of fused-ring (bicyclic) bond motifs is 2. The second kappa shape index (κ2) is 4.17. The van der Waals surface area contributed by atoms with Crippen LogP contribution in [0, 0.1) is 11.3 Å². The van der Waals surface area contributed by atoms with E-state index in [-0.39, 0.29) is 0 Å². The van der Waals surface area contributed by atoms with Crippen LogP contribution in [-0.2, 0) is 7.05 Å². The van der Waals surface area contributed by atoms with E-state index >= 15 is 0 Å². The van der Waals surface area contributed by atoms with E-state index in [9.17, 15) is 5.26 Å². The Balaban J connectivity index is 2.03. The SMILES string of the molecule is Cn1c(-c2cc3sccc3s2)nc2c(C#N)cccc21. The molecule has 0 fully saturated rings. The van der Waals surface area contributed by atoms with Crippen LogP contribution in [0.4, 0.5) is 0 Å². The summed E-state index contributed by atoms with van der Waals surface area (Å²) in [6, 6.07) is 12.2. The molecule has 3 nitrogen and oxygen atoms in total. The summed E-state index contributed by atoms with van der Waals surface area (Å²) in [4.78, 5) is 5.83. The first-order chi connectivity index (χ1) is 9.78. The molecule has 3 aromatic heterocycles. The number of aromatic nitrogens is 2. The molecule has 4 aromatic rings. The first kappa shape index (κ1) is 11.6. The fourth-order valence-electron chi connectivity index (χ4n) is 2.40. The molecule has 0 N–H and O–H groups in total. The van der Waals surface area contributed by atoms with Crippen LogP contribution < -0.4 is 0 Å². The van der Waals surface area contributed by atoms with Gasteiger partial charge in [0.25, 0.3) is 0 Å². The van der Waals surface area contributed by atoms with Gasteiger partial charge in [0.2, 0.25) is 0 Å². The third-order valence-electron chi connectivity index (χ3n) is 3.39. The number of para-hydroxylation sites is 1. The zero-order valence-electron chi connectivity index (χ0n) is 10.6. The van der Waals surface area contributed by atoms with Crippen molar-refractivity contribution in [3.05, 3.63) is 41.3 Å². The highest BCUT2D eigenvalue weighted by atomic mass is 32.1. The lowest BCUT2D eigenvalue weighted by atomic mass is 10.2. The Morgan fingerprint density at radius 3 is 2.95 bits per heavy atom. The second-order valence-electron chi connectivity index (χ2n) is 4.54. The number of rotatable bonds is 1. The topological polar surface area (TPSA) is 41.6 Å². The summed E-state index contributed by atoms with van der Waals surface area (Å²) < 4.78 is 4.64. The Labute approximate surface area is 123 Å². The largest absolute Gasteiger partial charge is 0.326 e. The molecule has 0 aliphatic rings. The van der Waals surface area contributed by atoms with Crippen LogP contribution in [0.5, 0.6) is 0 Å². The fourth-order valence-corrected chi connectivity index (χ4v) is 4.54. The molecule has 0 unspecified atom stereocenters. The summed E-state index contributed by atoms with van der Waals surface area (Å²) in [5, 5.41) is 11.3. The molecular formula is C15H9N3S2. The van der Waals surface area contributed by atoms with E-state index in [0.29, 0.717) is 5.56 Å². The summed E-state index contributed by atoms with van der Waals surface area (Å²) in [6.45, 7) is 0. The highest BCUT2D eigenvalue weighted by Crippen LogP contribution is 2.37. The molecule has 0 radical (unpaired) electrons. The molecule has 0 atom stereocenters. The van der Waals surface area contributed by atoms with Crippen molar-refractivity contribution in [2.75, 3.05) is 0 Å². The standard InChI is InChI=1S/C15H9N3S2/c1-18-10-4-2-3-9(8-16)14(10)17-15(18)13-7-12-11(20-13)5-6-19-12/h2-7H,1H3. The number of hydrogen-bond acceptors (Lipinski definition) is 4. The Bertz CT molecular complexity index is 953. The zero-order chi connectivity index (χ0) is 13.7. The highest BCUT2D eigenvalue weighted by molar-refractivity contribution is 7.28. The smallest absolute Gasteiger partial charge is 0.151 e. The van der Waals surface area contributed by atoms with E-state index in [1.165, 1.54) is 9.40 Å². The summed E-state index contributed by atoms with van der Waals surface area (Å²) >= 11 is 3.49. The molecule has 20 heavy (non-hydrogen) atoms. The number of hydrogen-bond donors (Lipinski definition) is 0. The van der Waals surface area contributed by atoms with Crippen LogP contribution in [0.25, 0.3) is 31.1 Å². The van der Waals surface area contributed by atoms with Crippen LogP contribution in [0.3, 0.4) is 0 Å². The number of thiophene rings is 2. The molecule has 4 rings (SSSR count). The molecule has 0 bridgehead atoms. The van der Waals surface area contributed by atoms with Gasteiger partial charge in [-0.2, -0.15) is 5.26 Å². The Hall–Kier alpha value is -2.16. The van der Waals surface area contributed by atoms with E-state index in [1.807, 2.05) is 25.2 Å².